The lowest BCUT2D eigenvalue weighted by atomic mass is 10.2. The van der Waals surface area contributed by atoms with Gasteiger partial charge in [-0.3, -0.25) is 4.79 Å². The molecule has 10 heavy (non-hydrogen) atoms. The molecule has 58 valence electrons. The summed E-state index contributed by atoms with van der Waals surface area (Å²) >= 11 is 0. The summed E-state index contributed by atoms with van der Waals surface area (Å²) in [5.41, 5.74) is -0.303. The van der Waals surface area contributed by atoms with Crippen molar-refractivity contribution in [2.75, 3.05) is 0 Å². The first-order valence-electron chi connectivity index (χ1n) is 2.17. The molecule has 0 spiro atoms. The molecule has 0 aromatic rings. The summed E-state index contributed by atoms with van der Waals surface area (Å²) in [6.45, 7) is 3.01. The van der Waals surface area contributed by atoms with Gasteiger partial charge in [0.05, 0.1) is 6.42 Å². The highest BCUT2D eigenvalue weighted by molar-refractivity contribution is 6.92. The minimum absolute atomic E-state index is 0. The minimum atomic E-state index is -1.27. The minimum Gasteiger partial charge on any atom is -0.481 e. The molecule has 0 aromatic carbocycles. The highest BCUT2D eigenvalue weighted by atomic mass is 31.0. The number of aliphatic carboxylic acids is 2. The van der Waals surface area contributed by atoms with Gasteiger partial charge in [0, 0.05) is 5.57 Å². The van der Waals surface area contributed by atoms with Crippen LogP contribution in [0.4, 0.5) is 0 Å². The quantitative estimate of drug-likeness (QED) is 0.460. The van der Waals surface area contributed by atoms with Gasteiger partial charge in [0.25, 0.3) is 0 Å². The lowest BCUT2D eigenvalue weighted by molar-refractivity contribution is -0.139. The maximum atomic E-state index is 9.87. The maximum absolute atomic E-state index is 9.87. The number of carbonyl (C=O) groups is 2. The van der Waals surface area contributed by atoms with E-state index in [2.05, 4.69) is 6.58 Å². The van der Waals surface area contributed by atoms with Gasteiger partial charge >= 0.3 is 11.9 Å². The van der Waals surface area contributed by atoms with Crippen LogP contribution in [-0.2, 0) is 9.59 Å². The molecule has 0 aliphatic heterocycles. The van der Waals surface area contributed by atoms with Gasteiger partial charge in [-0.15, -0.1) is 0 Å². The molecule has 0 amide bonds. The first kappa shape index (κ1) is 11.9. The SMILES string of the molecule is C=C(CC(=O)O)C(=O)O.P. The number of hydrogen-bond donors (Lipinski definition) is 2. The molecular formula is C5H9O4P. The zero-order valence-corrected chi connectivity index (χ0v) is 6.75. The Morgan fingerprint density at radius 3 is 1.80 bits per heavy atom. The lowest BCUT2D eigenvalue weighted by Gasteiger charge is -1.91. The van der Waals surface area contributed by atoms with E-state index in [1.165, 1.54) is 0 Å². The third-order valence-corrected chi connectivity index (χ3v) is 0.667. The third-order valence-electron chi connectivity index (χ3n) is 0.667. The van der Waals surface area contributed by atoms with Crippen molar-refractivity contribution in [3.8, 4) is 0 Å². The normalized spacial score (nSPS) is 7.60. The molecule has 0 aromatic heterocycles. The summed E-state index contributed by atoms with van der Waals surface area (Å²) in [7, 11) is 0. The average molecular weight is 164 g/mol. The van der Waals surface area contributed by atoms with E-state index in [1.807, 2.05) is 0 Å². The number of rotatable bonds is 3. The molecule has 0 aliphatic carbocycles. The Morgan fingerprint density at radius 2 is 1.70 bits per heavy atom. The molecule has 0 rings (SSSR count). The molecule has 1 unspecified atom stereocenters. The van der Waals surface area contributed by atoms with Gasteiger partial charge < -0.3 is 10.2 Å². The molecule has 0 saturated heterocycles. The van der Waals surface area contributed by atoms with Crippen LogP contribution in [0.2, 0.25) is 0 Å². The molecule has 2 N–H and O–H groups in total. The Labute approximate surface area is 61.2 Å². The monoisotopic (exact) mass is 164 g/mol. The van der Waals surface area contributed by atoms with Crippen LogP contribution in [0, 0.1) is 0 Å². The molecule has 5 heteroatoms. The summed E-state index contributed by atoms with van der Waals surface area (Å²) in [5, 5.41) is 16.1. The van der Waals surface area contributed by atoms with E-state index in [0.717, 1.165) is 0 Å². The van der Waals surface area contributed by atoms with E-state index in [0.29, 0.717) is 0 Å². The Balaban J connectivity index is 0. The standard InChI is InChI=1S/C5H6O4.H3P/c1-3(5(8)9)2-4(6)7;/h1-2H2,(H,6,7)(H,8,9);1H3. The first-order chi connectivity index (χ1) is 4.04. The predicted octanol–water partition coefficient (Wildman–Crippen LogP) is 0.160. The van der Waals surface area contributed by atoms with Crippen LogP contribution in [0.3, 0.4) is 0 Å². The Bertz CT molecular complexity index is 163. The summed E-state index contributed by atoms with van der Waals surface area (Å²) in [6.07, 6.45) is -0.505. The van der Waals surface area contributed by atoms with Crippen molar-refractivity contribution < 1.29 is 19.8 Å². The fourth-order valence-corrected chi connectivity index (χ4v) is 0.258. The largest absolute Gasteiger partial charge is 0.481 e. The van der Waals surface area contributed by atoms with Crippen molar-refractivity contribution in [2.24, 2.45) is 0 Å². The van der Waals surface area contributed by atoms with Crippen molar-refractivity contribution in [1.29, 1.82) is 0 Å². The molecule has 0 aliphatic rings. The van der Waals surface area contributed by atoms with Gasteiger partial charge in [-0.2, -0.15) is 9.90 Å². The van der Waals surface area contributed by atoms with E-state index in [9.17, 15) is 9.59 Å². The summed E-state index contributed by atoms with van der Waals surface area (Å²) in [5.74, 6) is -2.44. The fraction of sp³-hybridized carbons (Fsp3) is 0.200. The van der Waals surface area contributed by atoms with Crippen molar-refractivity contribution in [1.82, 2.24) is 0 Å². The molecule has 0 radical (unpaired) electrons. The van der Waals surface area contributed by atoms with Crippen LogP contribution in [0.15, 0.2) is 12.2 Å². The van der Waals surface area contributed by atoms with Crippen LogP contribution < -0.4 is 0 Å². The molecule has 0 bridgehead atoms. The summed E-state index contributed by atoms with van der Waals surface area (Å²) in [4.78, 5) is 19.7. The van der Waals surface area contributed by atoms with Crippen molar-refractivity contribution in [2.45, 2.75) is 6.42 Å². The van der Waals surface area contributed by atoms with E-state index in [4.69, 9.17) is 10.2 Å². The van der Waals surface area contributed by atoms with E-state index < -0.39 is 18.4 Å². The zero-order valence-electron chi connectivity index (χ0n) is 5.33. The molecular weight excluding hydrogens is 155 g/mol. The average Bonchev–Trinajstić information content (AvgIpc) is 1.63. The third kappa shape index (κ3) is 5.25. The number of carboxylic acid groups (broad SMARTS) is 2. The molecule has 0 fully saturated rings. The van der Waals surface area contributed by atoms with E-state index in [-0.39, 0.29) is 15.5 Å². The second-order valence-corrected chi connectivity index (χ2v) is 1.48. The molecule has 4 nitrogen and oxygen atoms in total. The summed E-state index contributed by atoms with van der Waals surface area (Å²) < 4.78 is 0. The van der Waals surface area contributed by atoms with Crippen LogP contribution in [0.1, 0.15) is 6.42 Å². The molecule has 0 saturated carbocycles. The smallest absolute Gasteiger partial charge is 0.331 e. The van der Waals surface area contributed by atoms with Gasteiger partial charge in [0.15, 0.2) is 0 Å². The van der Waals surface area contributed by atoms with Gasteiger partial charge in [-0.05, 0) is 0 Å². The number of carboxylic acids is 2. The topological polar surface area (TPSA) is 74.6 Å². The Morgan fingerprint density at radius 1 is 1.30 bits per heavy atom. The fourth-order valence-electron chi connectivity index (χ4n) is 0.258. The highest BCUT2D eigenvalue weighted by Gasteiger charge is 2.07. The van der Waals surface area contributed by atoms with Gasteiger partial charge in [0.1, 0.15) is 0 Å². The second-order valence-electron chi connectivity index (χ2n) is 1.48. The number of hydrogen-bond acceptors (Lipinski definition) is 2. The molecule has 0 heterocycles. The van der Waals surface area contributed by atoms with Gasteiger partial charge in [-0.25, -0.2) is 4.79 Å². The van der Waals surface area contributed by atoms with Gasteiger partial charge in [-0.1, -0.05) is 6.58 Å². The summed E-state index contributed by atoms with van der Waals surface area (Å²) in [6, 6.07) is 0. The van der Waals surface area contributed by atoms with Crippen molar-refractivity contribution in [3.05, 3.63) is 12.2 Å². The lowest BCUT2D eigenvalue weighted by Crippen LogP contribution is -2.04. The first-order valence-corrected chi connectivity index (χ1v) is 2.17. The predicted molar refractivity (Wildman–Crippen MR) is 40.1 cm³/mol. The highest BCUT2D eigenvalue weighted by Crippen LogP contribution is 1.95. The zero-order chi connectivity index (χ0) is 7.44. The van der Waals surface area contributed by atoms with Crippen molar-refractivity contribution in [3.63, 3.8) is 0 Å². The van der Waals surface area contributed by atoms with Gasteiger partial charge in [0.2, 0.25) is 0 Å². The van der Waals surface area contributed by atoms with E-state index in [1.54, 1.807) is 0 Å². The Hall–Kier alpha value is -0.890. The van der Waals surface area contributed by atoms with Crippen LogP contribution in [0.5, 0.6) is 0 Å². The second kappa shape index (κ2) is 4.94. The Kier molecular flexibility index (Phi) is 5.86. The van der Waals surface area contributed by atoms with Crippen molar-refractivity contribution >= 4 is 21.8 Å². The van der Waals surface area contributed by atoms with E-state index >= 15 is 0 Å². The molecule has 1 atom stereocenters. The van der Waals surface area contributed by atoms with Crippen LogP contribution in [0.25, 0.3) is 0 Å². The van der Waals surface area contributed by atoms with Crippen LogP contribution in [-0.4, -0.2) is 22.2 Å². The van der Waals surface area contributed by atoms with Crippen LogP contribution >= 0.6 is 9.90 Å². The maximum Gasteiger partial charge on any atom is 0.331 e.